The molecule has 8 heteroatoms. The third-order valence-electron chi connectivity index (χ3n) is 5.26. The highest BCUT2D eigenvalue weighted by Gasteiger charge is 2.51. The van der Waals surface area contributed by atoms with Gasteiger partial charge in [-0.05, 0) is 44.0 Å². The first-order chi connectivity index (χ1) is 14.0. The topological polar surface area (TPSA) is 59.7 Å². The van der Waals surface area contributed by atoms with Gasteiger partial charge in [0.05, 0.1) is 16.9 Å². The van der Waals surface area contributed by atoms with E-state index in [2.05, 4.69) is 5.10 Å². The van der Waals surface area contributed by atoms with Gasteiger partial charge in [-0.15, -0.1) is 0 Å². The Bertz CT molecular complexity index is 1170. The van der Waals surface area contributed by atoms with Crippen molar-refractivity contribution in [1.82, 2.24) is 14.5 Å². The van der Waals surface area contributed by atoms with Crippen molar-refractivity contribution in [3.8, 4) is 5.69 Å². The molecule has 29 heavy (non-hydrogen) atoms. The second-order valence-corrected chi connectivity index (χ2v) is 9.48. The van der Waals surface area contributed by atoms with Crippen LogP contribution in [0.5, 0.6) is 0 Å². The smallest absolute Gasteiger partial charge is 0.313 e. The second kappa shape index (κ2) is 6.65. The molecule has 1 aromatic heterocycles. The predicted molar refractivity (Wildman–Crippen MR) is 110 cm³/mol. The summed E-state index contributed by atoms with van der Waals surface area (Å²) >= 11 is 0. The van der Waals surface area contributed by atoms with Crippen molar-refractivity contribution in [3.05, 3.63) is 71.7 Å². The molecule has 1 aliphatic heterocycles. The Hall–Kier alpha value is -2.76. The number of aryl methyl sites for hydroxylation is 1. The molecule has 0 N–H and O–H groups in total. The highest BCUT2D eigenvalue weighted by atomic mass is 31.2. The van der Waals surface area contributed by atoms with Gasteiger partial charge in [0.25, 0.3) is 0 Å². The number of nitrogens with zero attached hydrogens (tertiary/aromatic N) is 4. The Morgan fingerprint density at radius 1 is 1.10 bits per heavy atom. The van der Waals surface area contributed by atoms with Gasteiger partial charge >= 0.3 is 7.52 Å². The Morgan fingerprint density at radius 2 is 1.79 bits per heavy atom. The van der Waals surface area contributed by atoms with Gasteiger partial charge in [0.15, 0.2) is 5.82 Å². The van der Waals surface area contributed by atoms with E-state index >= 15 is 0 Å². The fourth-order valence-electron chi connectivity index (χ4n) is 3.78. The summed E-state index contributed by atoms with van der Waals surface area (Å²) in [6, 6.07) is 15.9. The van der Waals surface area contributed by atoms with E-state index in [1.807, 2.05) is 30.3 Å². The molecule has 5 rings (SSSR count). The molecule has 0 spiro atoms. The van der Waals surface area contributed by atoms with Gasteiger partial charge in [-0.2, -0.15) is 5.10 Å². The first kappa shape index (κ1) is 18.3. The van der Waals surface area contributed by atoms with E-state index in [4.69, 9.17) is 9.52 Å². The van der Waals surface area contributed by atoms with E-state index in [-0.39, 0.29) is 6.04 Å². The molecule has 1 saturated carbocycles. The summed E-state index contributed by atoms with van der Waals surface area (Å²) in [7, 11) is -2.08. The van der Waals surface area contributed by atoms with Crippen molar-refractivity contribution in [2.45, 2.75) is 25.8 Å². The zero-order valence-corrected chi connectivity index (χ0v) is 17.0. The third-order valence-corrected chi connectivity index (χ3v) is 7.92. The highest BCUT2D eigenvalue weighted by molar-refractivity contribution is 7.66. The van der Waals surface area contributed by atoms with Crippen LogP contribution in [0.15, 0.2) is 59.6 Å². The minimum absolute atomic E-state index is 0.00626. The largest absolute Gasteiger partial charge is 0.333 e. The number of aliphatic imine (C=N–C) groups is 1. The number of amidine groups is 1. The van der Waals surface area contributed by atoms with Gasteiger partial charge in [0, 0.05) is 13.2 Å². The Kier molecular flexibility index (Phi) is 4.19. The summed E-state index contributed by atoms with van der Waals surface area (Å²) in [6.45, 7) is 1.80. The Balaban J connectivity index is 1.82. The van der Waals surface area contributed by atoms with Crippen molar-refractivity contribution >= 4 is 24.5 Å². The molecule has 2 heterocycles. The van der Waals surface area contributed by atoms with E-state index in [0.717, 1.165) is 18.5 Å². The zero-order valence-electron chi connectivity index (χ0n) is 16.1. The number of rotatable bonds is 4. The molecule has 1 fully saturated rings. The number of hydrogen-bond acceptors (Lipinski definition) is 4. The van der Waals surface area contributed by atoms with Crippen LogP contribution in [-0.4, -0.2) is 33.4 Å². The summed E-state index contributed by atoms with van der Waals surface area (Å²) in [5, 5.41) is 5.09. The van der Waals surface area contributed by atoms with Crippen molar-refractivity contribution in [3.63, 3.8) is 0 Å². The maximum atomic E-state index is 14.7. The molecule has 3 aromatic rings. The molecule has 0 saturated heterocycles. The van der Waals surface area contributed by atoms with E-state index in [1.165, 1.54) is 13.2 Å². The molecule has 6 nitrogen and oxygen atoms in total. The Labute approximate surface area is 168 Å². The van der Waals surface area contributed by atoms with Crippen LogP contribution in [0.1, 0.15) is 24.1 Å². The highest BCUT2D eigenvalue weighted by Crippen LogP contribution is 2.59. The average Bonchev–Trinajstić information content (AvgIpc) is 3.51. The number of benzene rings is 2. The van der Waals surface area contributed by atoms with Crippen molar-refractivity contribution < 1.29 is 13.5 Å². The monoisotopic (exact) mass is 410 g/mol. The fourth-order valence-corrected chi connectivity index (χ4v) is 6.27. The molecular weight excluding hydrogens is 390 g/mol. The molecule has 1 atom stereocenters. The van der Waals surface area contributed by atoms with Crippen LogP contribution in [0.25, 0.3) is 5.69 Å². The molecule has 0 bridgehead atoms. The zero-order chi connectivity index (χ0) is 20.2. The van der Waals surface area contributed by atoms with E-state index in [9.17, 15) is 8.96 Å². The predicted octanol–water partition coefficient (Wildman–Crippen LogP) is 4.34. The van der Waals surface area contributed by atoms with Crippen molar-refractivity contribution in [2.75, 3.05) is 7.11 Å². The van der Waals surface area contributed by atoms with E-state index < -0.39 is 13.3 Å². The molecule has 2 aliphatic rings. The summed E-state index contributed by atoms with van der Waals surface area (Å²) in [5.74, 6) is 0.347. The van der Waals surface area contributed by atoms with Crippen LogP contribution in [0.2, 0.25) is 0 Å². The van der Waals surface area contributed by atoms with Crippen molar-refractivity contribution in [1.29, 1.82) is 0 Å². The van der Waals surface area contributed by atoms with Crippen molar-refractivity contribution in [2.24, 2.45) is 4.99 Å². The van der Waals surface area contributed by atoms with Crippen LogP contribution >= 0.6 is 7.52 Å². The summed E-state index contributed by atoms with van der Waals surface area (Å²) in [4.78, 5) is 4.81. The first-order valence-electron chi connectivity index (χ1n) is 9.49. The van der Waals surface area contributed by atoms with Gasteiger partial charge in [-0.3, -0.25) is 9.24 Å². The normalized spacial score (nSPS) is 21.1. The van der Waals surface area contributed by atoms with Crippen LogP contribution < -0.4 is 5.30 Å². The summed E-state index contributed by atoms with van der Waals surface area (Å²) in [5.41, 5.74) is 1.69. The standard InChI is InChI=1S/C21H20FN4O2P/c1-14-19-21(25(24-14)15-8-4-3-5-9-15)23-20(17-10-6-7-11-18(17)22)26(16-12-13-16)29(19,27)28-2/h3-11,16H,12-13H2,1-2H3/t29-/m1/s1. The Morgan fingerprint density at radius 3 is 2.45 bits per heavy atom. The maximum absolute atomic E-state index is 14.7. The molecule has 0 unspecified atom stereocenters. The van der Waals surface area contributed by atoms with Crippen LogP contribution in [0, 0.1) is 12.7 Å². The second-order valence-electron chi connectivity index (χ2n) is 7.20. The van der Waals surface area contributed by atoms with Crippen LogP contribution in [-0.2, 0) is 9.09 Å². The molecular formula is C21H20FN4O2P. The van der Waals surface area contributed by atoms with Gasteiger partial charge in [0.2, 0.25) is 0 Å². The van der Waals surface area contributed by atoms with Gasteiger partial charge in [-0.1, -0.05) is 30.3 Å². The molecule has 0 amide bonds. The first-order valence-corrected chi connectivity index (χ1v) is 11.1. The number of para-hydroxylation sites is 1. The number of halogens is 1. The summed E-state index contributed by atoms with van der Waals surface area (Å²) in [6.07, 6.45) is 1.73. The van der Waals surface area contributed by atoms with E-state index in [0.29, 0.717) is 28.2 Å². The molecule has 0 radical (unpaired) electrons. The SMILES string of the molecule is CO[P@]1(=O)c2c(C)nn(-c3ccccc3)c2N=C(c2ccccc2F)N1C1CC1. The minimum Gasteiger partial charge on any atom is -0.313 e. The lowest BCUT2D eigenvalue weighted by atomic mass is 10.2. The lowest BCUT2D eigenvalue weighted by Gasteiger charge is -2.36. The van der Waals surface area contributed by atoms with Gasteiger partial charge in [-0.25, -0.2) is 14.1 Å². The third kappa shape index (κ3) is 2.76. The molecule has 1 aliphatic carbocycles. The molecule has 2 aromatic carbocycles. The lowest BCUT2D eigenvalue weighted by molar-refractivity contribution is 0.356. The quantitative estimate of drug-likeness (QED) is 0.601. The minimum atomic E-state index is -3.51. The maximum Gasteiger partial charge on any atom is 0.333 e. The molecule has 148 valence electrons. The van der Waals surface area contributed by atoms with E-state index in [1.54, 1.807) is 34.5 Å². The van der Waals surface area contributed by atoms with Gasteiger partial charge < -0.3 is 4.52 Å². The lowest BCUT2D eigenvalue weighted by Crippen LogP contribution is -2.39. The number of hydrogen-bond donors (Lipinski definition) is 0. The van der Waals surface area contributed by atoms with Gasteiger partial charge in [0.1, 0.15) is 17.0 Å². The number of fused-ring (bicyclic) bond motifs is 1. The number of aromatic nitrogens is 2. The summed E-state index contributed by atoms with van der Waals surface area (Å²) < 4.78 is 38.0. The van der Waals surface area contributed by atoms with Crippen LogP contribution in [0.3, 0.4) is 0 Å². The fraction of sp³-hybridized carbons (Fsp3) is 0.238. The average molecular weight is 410 g/mol. The van der Waals surface area contributed by atoms with Crippen LogP contribution in [0.4, 0.5) is 10.2 Å².